The van der Waals surface area contributed by atoms with Crippen LogP contribution >= 0.6 is 31.9 Å². The predicted octanol–water partition coefficient (Wildman–Crippen LogP) is 3.45. The SMILES string of the molecule is N#CC1=c2oc(=O)/c(=C\c3cc(Br)ccc3F)n2-c2oc(N)nc2C1c1cc(Br)ccc1F. The van der Waals surface area contributed by atoms with E-state index in [-0.39, 0.29) is 45.2 Å². The predicted molar refractivity (Wildman–Crippen MR) is 121 cm³/mol. The van der Waals surface area contributed by atoms with E-state index in [1.165, 1.54) is 47.0 Å². The standard InChI is InChI=1S/C22H10Br2F2N4O3/c23-10-1-3-14(25)9(5-10)6-16-21(31)32-19-13(8-27)17(12-7-11(24)2-4-15(12)26)18-20(30(16)19)33-22(28)29-18/h1-7,17H,(H2,28,29)/b16-6+. The monoisotopic (exact) mass is 574 g/mol. The minimum absolute atomic E-state index is 0.0293. The van der Waals surface area contributed by atoms with Crippen molar-refractivity contribution in [1.82, 2.24) is 9.55 Å². The van der Waals surface area contributed by atoms with Gasteiger partial charge in [0.25, 0.3) is 6.01 Å². The van der Waals surface area contributed by atoms with Gasteiger partial charge in [-0.05, 0) is 42.5 Å². The number of nitriles is 1. The Morgan fingerprint density at radius 2 is 1.82 bits per heavy atom. The third-order valence-corrected chi connectivity index (χ3v) is 6.12. The van der Waals surface area contributed by atoms with Gasteiger partial charge in [-0.25, -0.2) is 18.1 Å². The van der Waals surface area contributed by atoms with Crippen molar-refractivity contribution in [3.8, 4) is 12.0 Å². The Bertz CT molecular complexity index is 1680. The second-order valence-corrected chi connectivity index (χ2v) is 8.92. The highest BCUT2D eigenvalue weighted by Crippen LogP contribution is 2.39. The number of nitrogens with zero attached hydrogens (tertiary/aromatic N) is 3. The Morgan fingerprint density at radius 1 is 1.12 bits per heavy atom. The molecule has 5 rings (SSSR count). The molecule has 1 aliphatic heterocycles. The van der Waals surface area contributed by atoms with Crippen LogP contribution in [0.5, 0.6) is 0 Å². The number of hydrogen-bond donors (Lipinski definition) is 1. The van der Waals surface area contributed by atoms with Crippen molar-refractivity contribution >= 4 is 49.5 Å². The quantitative estimate of drug-likeness (QED) is 0.392. The van der Waals surface area contributed by atoms with Crippen molar-refractivity contribution in [3.63, 3.8) is 0 Å². The van der Waals surface area contributed by atoms with Crippen LogP contribution in [-0.4, -0.2) is 9.55 Å². The van der Waals surface area contributed by atoms with Crippen molar-refractivity contribution in [3.05, 3.63) is 95.1 Å². The largest absolute Gasteiger partial charge is 0.406 e. The minimum atomic E-state index is -1.05. The summed E-state index contributed by atoms with van der Waals surface area (Å²) in [6.07, 6.45) is 1.26. The van der Waals surface area contributed by atoms with Gasteiger partial charge in [0.1, 0.15) is 34.3 Å². The summed E-state index contributed by atoms with van der Waals surface area (Å²) in [6.45, 7) is 0. The van der Waals surface area contributed by atoms with Gasteiger partial charge in [0.05, 0.1) is 5.92 Å². The number of anilines is 1. The number of benzene rings is 2. The Labute approximate surface area is 200 Å². The van der Waals surface area contributed by atoms with Gasteiger partial charge in [0.2, 0.25) is 11.4 Å². The van der Waals surface area contributed by atoms with Gasteiger partial charge in [-0.1, -0.05) is 31.9 Å². The molecule has 2 N–H and O–H groups in total. The molecule has 1 unspecified atom stereocenters. The zero-order chi connectivity index (χ0) is 23.4. The van der Waals surface area contributed by atoms with Gasteiger partial charge in [-0.2, -0.15) is 10.2 Å². The molecule has 2 aromatic heterocycles. The molecule has 7 nitrogen and oxygen atoms in total. The van der Waals surface area contributed by atoms with Gasteiger partial charge in [0.15, 0.2) is 0 Å². The lowest BCUT2D eigenvalue weighted by Gasteiger charge is -2.19. The Balaban J connectivity index is 1.92. The summed E-state index contributed by atoms with van der Waals surface area (Å²) in [6, 6.07) is 10.2. The fourth-order valence-corrected chi connectivity index (χ4v) is 4.52. The molecule has 0 saturated carbocycles. The highest BCUT2D eigenvalue weighted by molar-refractivity contribution is 9.10. The number of fused-ring (bicyclic) bond motifs is 3. The maximum absolute atomic E-state index is 14.8. The number of oxazole rings is 2. The first-order valence-corrected chi connectivity index (χ1v) is 10.9. The van der Waals surface area contributed by atoms with Crippen molar-refractivity contribution in [2.24, 2.45) is 0 Å². The molecule has 0 bridgehead atoms. The minimum Gasteiger partial charge on any atom is -0.406 e. The summed E-state index contributed by atoms with van der Waals surface area (Å²) in [5, 5.41) is 9.85. The molecular weight excluding hydrogens is 566 g/mol. The van der Waals surface area contributed by atoms with E-state index in [0.29, 0.717) is 8.95 Å². The van der Waals surface area contributed by atoms with Crippen LogP contribution in [0.2, 0.25) is 0 Å². The fraction of sp³-hybridized carbons (Fsp3) is 0.0455. The van der Waals surface area contributed by atoms with Crippen LogP contribution in [0.25, 0.3) is 17.5 Å². The van der Waals surface area contributed by atoms with E-state index >= 15 is 0 Å². The highest BCUT2D eigenvalue weighted by Gasteiger charge is 2.37. The molecule has 164 valence electrons. The van der Waals surface area contributed by atoms with Crippen LogP contribution in [0.1, 0.15) is 22.7 Å². The number of hydrogen-bond acceptors (Lipinski definition) is 6. The molecule has 1 aliphatic rings. The third-order valence-electron chi connectivity index (χ3n) is 5.13. The smallest absolute Gasteiger partial charge is 0.362 e. The number of nitrogen functional groups attached to an aromatic ring is 1. The lowest BCUT2D eigenvalue weighted by Crippen LogP contribution is -2.35. The highest BCUT2D eigenvalue weighted by atomic mass is 79.9. The summed E-state index contributed by atoms with van der Waals surface area (Å²) in [7, 11) is 0. The first-order chi connectivity index (χ1) is 15.8. The Morgan fingerprint density at radius 3 is 2.55 bits per heavy atom. The van der Waals surface area contributed by atoms with Crippen LogP contribution in [0.15, 0.2) is 59.0 Å². The van der Waals surface area contributed by atoms with Gasteiger partial charge in [-0.15, -0.1) is 0 Å². The van der Waals surface area contributed by atoms with E-state index in [0.717, 1.165) is 0 Å². The van der Waals surface area contributed by atoms with E-state index in [9.17, 15) is 18.8 Å². The second kappa shape index (κ2) is 7.83. The van der Waals surface area contributed by atoms with Crippen molar-refractivity contribution in [2.45, 2.75) is 5.92 Å². The molecule has 1 atom stereocenters. The number of aromatic nitrogens is 2. The molecule has 0 spiro atoms. The van der Waals surface area contributed by atoms with Crippen LogP contribution < -0.4 is 22.3 Å². The summed E-state index contributed by atoms with van der Waals surface area (Å²) < 4.78 is 42.5. The molecule has 4 aromatic rings. The summed E-state index contributed by atoms with van der Waals surface area (Å²) >= 11 is 6.56. The number of nitrogens with two attached hydrogens (primary N) is 1. The fourth-order valence-electron chi connectivity index (χ4n) is 3.76. The third kappa shape index (κ3) is 3.42. The molecule has 33 heavy (non-hydrogen) atoms. The lowest BCUT2D eigenvalue weighted by atomic mass is 9.87. The van der Waals surface area contributed by atoms with E-state index in [2.05, 4.69) is 36.8 Å². The molecular formula is C22H10Br2F2N4O3. The molecule has 3 heterocycles. The molecule has 0 saturated heterocycles. The van der Waals surface area contributed by atoms with E-state index in [4.69, 9.17) is 14.6 Å². The average molecular weight is 576 g/mol. The molecule has 2 aromatic carbocycles. The molecule has 0 aliphatic carbocycles. The average Bonchev–Trinajstić information content (AvgIpc) is 3.31. The zero-order valence-corrected chi connectivity index (χ0v) is 19.4. The van der Waals surface area contributed by atoms with E-state index in [1.54, 1.807) is 0 Å². The van der Waals surface area contributed by atoms with Gasteiger partial charge >= 0.3 is 5.63 Å². The molecule has 0 radical (unpaired) electrons. The number of rotatable bonds is 2. The van der Waals surface area contributed by atoms with Crippen molar-refractivity contribution in [1.29, 1.82) is 5.26 Å². The molecule has 0 fully saturated rings. The van der Waals surface area contributed by atoms with Gasteiger partial charge in [0, 0.05) is 20.1 Å². The summed E-state index contributed by atoms with van der Waals surface area (Å²) in [5.74, 6) is -2.27. The van der Waals surface area contributed by atoms with Crippen LogP contribution in [0.3, 0.4) is 0 Å². The molecule has 11 heteroatoms. The van der Waals surface area contributed by atoms with Crippen LogP contribution in [-0.2, 0) is 0 Å². The lowest BCUT2D eigenvalue weighted by molar-refractivity contribution is 0.454. The maximum atomic E-state index is 14.8. The van der Waals surface area contributed by atoms with Crippen LogP contribution in [0, 0.1) is 23.0 Å². The Hall–Kier alpha value is -3.49. The topological polar surface area (TPSA) is 111 Å². The zero-order valence-electron chi connectivity index (χ0n) is 16.3. The first kappa shape index (κ1) is 21.4. The number of halogens is 4. The van der Waals surface area contributed by atoms with E-state index in [1.807, 2.05) is 6.07 Å². The summed E-state index contributed by atoms with van der Waals surface area (Å²) in [5.41, 5.74) is 4.98. The van der Waals surface area contributed by atoms with Crippen molar-refractivity contribution < 1.29 is 17.6 Å². The first-order valence-electron chi connectivity index (χ1n) is 9.33. The second-order valence-electron chi connectivity index (χ2n) is 7.09. The molecule has 0 amide bonds. The van der Waals surface area contributed by atoms with Gasteiger partial charge in [-0.3, -0.25) is 0 Å². The summed E-state index contributed by atoms with van der Waals surface area (Å²) in [4.78, 5) is 17.0. The Kier molecular flexibility index (Phi) is 5.07. The van der Waals surface area contributed by atoms with E-state index < -0.39 is 23.2 Å². The van der Waals surface area contributed by atoms with Gasteiger partial charge < -0.3 is 14.6 Å². The van der Waals surface area contributed by atoms with Crippen LogP contribution in [0.4, 0.5) is 14.8 Å². The normalized spacial score (nSPS) is 15.3. The van der Waals surface area contributed by atoms with Crippen molar-refractivity contribution in [2.75, 3.05) is 5.73 Å². The maximum Gasteiger partial charge on any atom is 0.362 e.